The van der Waals surface area contributed by atoms with E-state index in [1.54, 1.807) is 38.1 Å². The van der Waals surface area contributed by atoms with E-state index in [-0.39, 0.29) is 18.4 Å². The molecule has 0 bridgehead atoms. The van der Waals surface area contributed by atoms with E-state index in [9.17, 15) is 14.4 Å². The minimum Gasteiger partial charge on any atom is -0.462 e. The zero-order valence-electron chi connectivity index (χ0n) is 20.1. The van der Waals surface area contributed by atoms with Crippen LogP contribution in [-0.4, -0.2) is 41.0 Å². The topological polar surface area (TPSA) is 80.6 Å². The minimum atomic E-state index is -1.20. The van der Waals surface area contributed by atoms with Crippen molar-refractivity contribution in [1.29, 1.82) is 0 Å². The molecule has 2 aromatic carbocycles. The van der Waals surface area contributed by atoms with E-state index in [4.69, 9.17) is 4.74 Å². The van der Waals surface area contributed by atoms with Crippen molar-refractivity contribution in [2.75, 3.05) is 18.1 Å². The molecule has 0 aliphatic carbocycles. The molecular formula is C27H31N3O4. The number of aromatic nitrogens is 1. The van der Waals surface area contributed by atoms with Gasteiger partial charge in [0.25, 0.3) is 5.91 Å². The Morgan fingerprint density at radius 1 is 1.12 bits per heavy atom. The van der Waals surface area contributed by atoms with Gasteiger partial charge in [0.1, 0.15) is 11.2 Å². The third-order valence-electron chi connectivity index (χ3n) is 6.30. The molecule has 3 aromatic rings. The summed E-state index contributed by atoms with van der Waals surface area (Å²) >= 11 is 0. The quantitative estimate of drug-likeness (QED) is 0.529. The molecule has 0 fully saturated rings. The highest BCUT2D eigenvalue weighted by Crippen LogP contribution is 2.36. The van der Waals surface area contributed by atoms with Gasteiger partial charge in [0.15, 0.2) is 0 Å². The molecule has 1 atom stereocenters. The van der Waals surface area contributed by atoms with Crippen molar-refractivity contribution in [3.05, 3.63) is 65.9 Å². The van der Waals surface area contributed by atoms with Crippen LogP contribution in [0.25, 0.3) is 10.9 Å². The second-order valence-electron chi connectivity index (χ2n) is 9.30. The van der Waals surface area contributed by atoms with Crippen LogP contribution in [0, 0.1) is 5.92 Å². The molecule has 0 saturated carbocycles. The summed E-state index contributed by atoms with van der Waals surface area (Å²) in [7, 11) is 0. The average Bonchev–Trinajstić information content (AvgIpc) is 3.18. The highest BCUT2D eigenvalue weighted by molar-refractivity contribution is 6.14. The molecule has 34 heavy (non-hydrogen) atoms. The smallest absolute Gasteiger partial charge is 0.338 e. The second-order valence-corrected chi connectivity index (χ2v) is 9.30. The Bertz CT molecular complexity index is 1250. The molecular weight excluding hydrogens is 430 g/mol. The van der Waals surface area contributed by atoms with Crippen LogP contribution >= 0.6 is 0 Å². The number of amides is 2. The maximum Gasteiger partial charge on any atom is 0.338 e. The first-order valence-electron chi connectivity index (χ1n) is 11.7. The van der Waals surface area contributed by atoms with E-state index in [1.165, 1.54) is 4.90 Å². The summed E-state index contributed by atoms with van der Waals surface area (Å²) in [6, 6.07) is 16.3. The number of hydrogen-bond donors (Lipinski definition) is 1. The lowest BCUT2D eigenvalue weighted by Crippen LogP contribution is -2.64. The molecule has 1 aromatic heterocycles. The monoisotopic (exact) mass is 461 g/mol. The summed E-state index contributed by atoms with van der Waals surface area (Å²) in [5, 5.41) is 3.98. The van der Waals surface area contributed by atoms with Gasteiger partial charge < -0.3 is 14.6 Å². The minimum absolute atomic E-state index is 0.230. The molecule has 2 heterocycles. The number of nitrogens with zero attached hydrogens (tertiary/aromatic N) is 2. The molecule has 4 rings (SSSR count). The van der Waals surface area contributed by atoms with E-state index in [0.717, 1.165) is 17.3 Å². The number of esters is 1. The fourth-order valence-corrected chi connectivity index (χ4v) is 4.50. The van der Waals surface area contributed by atoms with Gasteiger partial charge in [-0.25, -0.2) is 4.79 Å². The van der Waals surface area contributed by atoms with Crippen LogP contribution in [0.15, 0.2) is 54.6 Å². The van der Waals surface area contributed by atoms with Gasteiger partial charge in [-0.3, -0.25) is 14.5 Å². The summed E-state index contributed by atoms with van der Waals surface area (Å²) in [6.07, 6.45) is 0.839. The molecule has 0 radical (unpaired) electrons. The normalized spacial score (nSPS) is 17.7. The maximum atomic E-state index is 13.9. The first-order valence-corrected chi connectivity index (χ1v) is 11.7. The molecule has 7 nitrogen and oxygen atoms in total. The summed E-state index contributed by atoms with van der Waals surface area (Å²) in [6.45, 7) is 8.79. The predicted molar refractivity (Wildman–Crippen MR) is 132 cm³/mol. The Hall–Kier alpha value is -3.61. The Morgan fingerprint density at radius 3 is 2.62 bits per heavy atom. The van der Waals surface area contributed by atoms with Gasteiger partial charge in [-0.15, -0.1) is 0 Å². The zero-order chi connectivity index (χ0) is 24.5. The number of rotatable bonds is 7. The lowest BCUT2D eigenvalue weighted by Gasteiger charge is -2.44. The van der Waals surface area contributed by atoms with Crippen molar-refractivity contribution in [2.24, 2.45) is 5.92 Å². The van der Waals surface area contributed by atoms with Crippen molar-refractivity contribution in [3.63, 3.8) is 0 Å². The summed E-state index contributed by atoms with van der Waals surface area (Å²) in [5.74, 6) is -0.541. The fourth-order valence-electron chi connectivity index (χ4n) is 4.50. The van der Waals surface area contributed by atoms with Gasteiger partial charge in [0, 0.05) is 23.1 Å². The maximum absolute atomic E-state index is 13.9. The molecule has 1 N–H and O–H groups in total. The summed E-state index contributed by atoms with van der Waals surface area (Å²) in [4.78, 5) is 41.4. The highest BCUT2D eigenvalue weighted by Gasteiger charge is 2.48. The number of hydrogen-bond acceptors (Lipinski definition) is 4. The largest absolute Gasteiger partial charge is 0.462 e. The third-order valence-corrected chi connectivity index (χ3v) is 6.30. The molecule has 0 saturated heterocycles. The Morgan fingerprint density at radius 2 is 1.88 bits per heavy atom. The number of carbonyl (C=O) groups excluding carboxylic acids is 3. The van der Waals surface area contributed by atoms with Crippen molar-refractivity contribution in [1.82, 2.24) is 9.88 Å². The van der Waals surface area contributed by atoms with Crippen LogP contribution in [0.3, 0.4) is 0 Å². The lowest BCUT2D eigenvalue weighted by atomic mass is 9.93. The number of ether oxygens (including phenoxy) is 1. The molecule has 2 amide bonds. The standard InChI is InChI=1S/C27H31N3O4/c1-5-34-25(32)20-10-8-11-21(15-20)30-24(31)23-16-19-9-6-7-12-22(19)29(23)17-27(30,4)26(33)28-14-13-18(2)3/h6-12,15-16,18H,5,13-14,17H2,1-4H3,(H,28,33). The lowest BCUT2D eigenvalue weighted by molar-refractivity contribution is -0.126. The molecule has 178 valence electrons. The van der Waals surface area contributed by atoms with Gasteiger partial charge in [-0.1, -0.05) is 38.1 Å². The SMILES string of the molecule is CCOC(=O)c1cccc(N2C(=O)c3cc4ccccc4n3CC2(C)C(=O)NCCC(C)C)c1. The van der Waals surface area contributed by atoms with Gasteiger partial charge in [-0.05, 0) is 56.5 Å². The van der Waals surface area contributed by atoms with Gasteiger partial charge in [0.2, 0.25) is 5.91 Å². The zero-order valence-corrected chi connectivity index (χ0v) is 20.1. The van der Waals surface area contributed by atoms with E-state index in [2.05, 4.69) is 19.2 Å². The van der Waals surface area contributed by atoms with Crippen molar-refractivity contribution >= 4 is 34.4 Å². The Kier molecular flexibility index (Phi) is 6.46. The van der Waals surface area contributed by atoms with Crippen LogP contribution in [0.5, 0.6) is 0 Å². The van der Waals surface area contributed by atoms with Crippen LogP contribution in [0.1, 0.15) is 55.0 Å². The number of carbonyl (C=O) groups is 3. The van der Waals surface area contributed by atoms with Crippen molar-refractivity contribution in [3.8, 4) is 0 Å². The van der Waals surface area contributed by atoms with E-state index in [0.29, 0.717) is 36.0 Å². The van der Waals surface area contributed by atoms with E-state index < -0.39 is 11.5 Å². The highest BCUT2D eigenvalue weighted by atomic mass is 16.5. The van der Waals surface area contributed by atoms with E-state index >= 15 is 0 Å². The number of para-hydroxylation sites is 1. The number of fused-ring (bicyclic) bond motifs is 3. The summed E-state index contributed by atoms with van der Waals surface area (Å²) in [5.41, 5.74) is 1.03. The van der Waals surface area contributed by atoms with Crippen molar-refractivity contribution < 1.29 is 19.1 Å². The van der Waals surface area contributed by atoms with Gasteiger partial charge >= 0.3 is 5.97 Å². The first kappa shape index (κ1) is 23.5. The van der Waals surface area contributed by atoms with Crippen LogP contribution in [-0.2, 0) is 16.1 Å². The average molecular weight is 462 g/mol. The predicted octanol–water partition coefficient (Wildman–Crippen LogP) is 4.40. The van der Waals surface area contributed by atoms with Crippen LogP contribution in [0.2, 0.25) is 0 Å². The number of nitrogens with one attached hydrogen (secondary N) is 1. The Labute approximate surface area is 199 Å². The summed E-state index contributed by atoms with van der Waals surface area (Å²) < 4.78 is 7.06. The number of anilines is 1. The van der Waals surface area contributed by atoms with Crippen LogP contribution in [0.4, 0.5) is 5.69 Å². The third kappa shape index (κ3) is 4.18. The van der Waals surface area contributed by atoms with Crippen molar-refractivity contribution in [2.45, 2.75) is 46.2 Å². The van der Waals surface area contributed by atoms with Gasteiger partial charge in [0.05, 0.1) is 18.7 Å². The molecule has 1 unspecified atom stereocenters. The molecule has 7 heteroatoms. The molecule has 1 aliphatic heterocycles. The molecule has 1 aliphatic rings. The van der Waals surface area contributed by atoms with Gasteiger partial charge in [-0.2, -0.15) is 0 Å². The molecule has 0 spiro atoms. The number of benzene rings is 2. The second kappa shape index (κ2) is 9.33. The Balaban J connectivity index is 1.81. The van der Waals surface area contributed by atoms with Crippen LogP contribution < -0.4 is 10.2 Å². The first-order chi connectivity index (χ1) is 16.3. The fraction of sp³-hybridized carbons (Fsp3) is 0.370. The van der Waals surface area contributed by atoms with E-state index in [1.807, 2.05) is 34.9 Å².